The molecule has 1 N–H and O–H groups in total. The minimum Gasteiger partial charge on any atom is -0.328 e. The smallest absolute Gasteiger partial charge is 0.328 e. The Labute approximate surface area is 93.6 Å². The van der Waals surface area contributed by atoms with Crippen LogP contribution in [0.15, 0.2) is 18.3 Å². The van der Waals surface area contributed by atoms with Crippen LogP contribution in [-0.4, -0.2) is 23.5 Å². The van der Waals surface area contributed by atoms with Gasteiger partial charge in [-0.25, -0.2) is 14.7 Å². The molecule has 1 aliphatic rings. The van der Waals surface area contributed by atoms with E-state index in [1.165, 1.54) is 0 Å². The van der Waals surface area contributed by atoms with Gasteiger partial charge < -0.3 is 5.32 Å². The highest BCUT2D eigenvalue weighted by Gasteiger charge is 2.30. The molecule has 72 valence electrons. The lowest BCUT2D eigenvalue weighted by molar-refractivity contribution is -0.115. The standard InChI is InChI=1S/C8H6IN3O2/c9-5-1-2-6(10-3-5)12-7(13)4-11-8(12)14/h1-3H,4H2,(H,11,14). The molecule has 1 aromatic rings. The van der Waals surface area contributed by atoms with Gasteiger partial charge in [-0.3, -0.25) is 4.79 Å². The van der Waals surface area contributed by atoms with E-state index in [2.05, 4.69) is 32.9 Å². The first-order chi connectivity index (χ1) is 6.68. The topological polar surface area (TPSA) is 62.3 Å². The van der Waals surface area contributed by atoms with E-state index in [1.54, 1.807) is 18.3 Å². The van der Waals surface area contributed by atoms with E-state index >= 15 is 0 Å². The average Bonchev–Trinajstić information content (AvgIpc) is 2.49. The van der Waals surface area contributed by atoms with Crippen molar-refractivity contribution in [2.75, 3.05) is 11.4 Å². The van der Waals surface area contributed by atoms with Crippen molar-refractivity contribution in [3.05, 3.63) is 21.9 Å². The molecule has 0 spiro atoms. The number of nitrogens with one attached hydrogen (secondary N) is 1. The number of pyridine rings is 1. The van der Waals surface area contributed by atoms with Crippen LogP contribution in [0.4, 0.5) is 10.6 Å². The number of urea groups is 1. The zero-order chi connectivity index (χ0) is 10.1. The summed E-state index contributed by atoms with van der Waals surface area (Å²) in [5.74, 6) is 0.0918. The number of rotatable bonds is 1. The first-order valence-corrected chi connectivity index (χ1v) is 4.99. The van der Waals surface area contributed by atoms with Gasteiger partial charge in [0.1, 0.15) is 5.82 Å². The van der Waals surface area contributed by atoms with Crippen LogP contribution >= 0.6 is 22.6 Å². The van der Waals surface area contributed by atoms with Crippen LogP contribution in [-0.2, 0) is 4.79 Å². The molecule has 1 aromatic heterocycles. The maximum absolute atomic E-state index is 11.3. The summed E-state index contributed by atoms with van der Waals surface area (Å²) in [4.78, 5) is 27.5. The lowest BCUT2D eigenvalue weighted by Crippen LogP contribution is -2.31. The number of nitrogens with zero attached hydrogens (tertiary/aromatic N) is 2. The summed E-state index contributed by atoms with van der Waals surface area (Å²) in [5, 5.41) is 2.43. The van der Waals surface area contributed by atoms with E-state index in [4.69, 9.17) is 0 Å². The van der Waals surface area contributed by atoms with Crippen molar-refractivity contribution in [3.8, 4) is 0 Å². The minimum atomic E-state index is -0.413. The van der Waals surface area contributed by atoms with Crippen LogP contribution in [0, 0.1) is 3.57 Å². The van der Waals surface area contributed by atoms with E-state index in [0.717, 1.165) is 8.47 Å². The predicted octanol–water partition coefficient (Wildman–Crippen LogP) is 0.742. The number of hydrogen-bond acceptors (Lipinski definition) is 3. The van der Waals surface area contributed by atoms with Crippen molar-refractivity contribution in [1.82, 2.24) is 10.3 Å². The van der Waals surface area contributed by atoms with Gasteiger partial charge in [-0.2, -0.15) is 0 Å². The zero-order valence-electron chi connectivity index (χ0n) is 7.03. The fourth-order valence-electron chi connectivity index (χ4n) is 1.15. The number of halogens is 1. The van der Waals surface area contributed by atoms with E-state index in [9.17, 15) is 9.59 Å². The summed E-state index contributed by atoms with van der Waals surface area (Å²) >= 11 is 2.10. The van der Waals surface area contributed by atoms with E-state index in [0.29, 0.717) is 5.82 Å². The van der Waals surface area contributed by atoms with E-state index < -0.39 is 6.03 Å². The predicted molar refractivity (Wildman–Crippen MR) is 57.8 cm³/mol. The molecule has 1 saturated heterocycles. The van der Waals surface area contributed by atoms with E-state index in [1.807, 2.05) is 0 Å². The number of imide groups is 1. The number of hydrogen-bond donors (Lipinski definition) is 1. The molecule has 0 bridgehead atoms. The highest BCUT2D eigenvalue weighted by atomic mass is 127. The Morgan fingerprint density at radius 3 is 2.71 bits per heavy atom. The fourth-order valence-corrected chi connectivity index (χ4v) is 1.47. The first-order valence-electron chi connectivity index (χ1n) is 3.91. The summed E-state index contributed by atoms with van der Waals surface area (Å²) in [6.07, 6.45) is 1.61. The molecule has 1 aliphatic heterocycles. The molecule has 2 heterocycles. The van der Waals surface area contributed by atoms with Crippen LogP contribution in [0.2, 0.25) is 0 Å². The Morgan fingerprint density at radius 1 is 1.43 bits per heavy atom. The lowest BCUT2D eigenvalue weighted by Gasteiger charge is -2.10. The number of carbonyl (C=O) groups excluding carboxylic acids is 2. The molecule has 0 aromatic carbocycles. The van der Waals surface area contributed by atoms with Gasteiger partial charge >= 0.3 is 6.03 Å². The molecule has 0 saturated carbocycles. The highest BCUT2D eigenvalue weighted by molar-refractivity contribution is 14.1. The van der Waals surface area contributed by atoms with Gasteiger partial charge in [0.2, 0.25) is 0 Å². The Bertz CT molecular complexity index is 374. The maximum atomic E-state index is 11.3. The first kappa shape index (κ1) is 9.38. The minimum absolute atomic E-state index is 0.0481. The van der Waals surface area contributed by atoms with Crippen molar-refractivity contribution in [3.63, 3.8) is 0 Å². The number of anilines is 1. The molecular weight excluding hydrogens is 297 g/mol. The van der Waals surface area contributed by atoms with Gasteiger partial charge in [0, 0.05) is 9.77 Å². The molecule has 0 unspecified atom stereocenters. The molecule has 2 rings (SSSR count). The third-order valence-corrected chi connectivity index (χ3v) is 2.42. The number of carbonyl (C=O) groups is 2. The SMILES string of the molecule is O=C1CNC(=O)N1c1ccc(I)cn1. The molecule has 0 aliphatic carbocycles. The van der Waals surface area contributed by atoms with Crippen LogP contribution in [0.1, 0.15) is 0 Å². The third-order valence-electron chi connectivity index (χ3n) is 1.78. The molecule has 5 nitrogen and oxygen atoms in total. The Hall–Kier alpha value is -1.18. The van der Waals surface area contributed by atoms with Gasteiger partial charge in [0.15, 0.2) is 0 Å². The normalized spacial score (nSPS) is 15.9. The van der Waals surface area contributed by atoms with Gasteiger partial charge in [-0.15, -0.1) is 0 Å². The van der Waals surface area contributed by atoms with Crippen molar-refractivity contribution in [1.29, 1.82) is 0 Å². The third kappa shape index (κ3) is 1.57. The van der Waals surface area contributed by atoms with Gasteiger partial charge in [-0.1, -0.05) is 0 Å². The summed E-state index contributed by atoms with van der Waals surface area (Å²) in [5.41, 5.74) is 0. The number of aromatic nitrogens is 1. The molecule has 3 amide bonds. The second kappa shape index (κ2) is 3.52. The molecule has 6 heteroatoms. The summed E-state index contributed by atoms with van der Waals surface area (Å²) in [7, 11) is 0. The van der Waals surface area contributed by atoms with Gasteiger partial charge in [-0.05, 0) is 34.7 Å². The summed E-state index contributed by atoms with van der Waals surface area (Å²) < 4.78 is 0.957. The summed E-state index contributed by atoms with van der Waals surface area (Å²) in [6.45, 7) is 0.0481. The molecule has 14 heavy (non-hydrogen) atoms. The van der Waals surface area contributed by atoms with E-state index in [-0.39, 0.29) is 12.5 Å². The highest BCUT2D eigenvalue weighted by Crippen LogP contribution is 2.14. The Morgan fingerprint density at radius 2 is 2.21 bits per heavy atom. The van der Waals surface area contributed by atoms with Crippen LogP contribution in [0.3, 0.4) is 0 Å². The average molecular weight is 303 g/mol. The molecule has 0 radical (unpaired) electrons. The Kier molecular flexibility index (Phi) is 2.36. The molecule has 0 atom stereocenters. The van der Waals surface area contributed by atoms with Crippen LogP contribution < -0.4 is 10.2 Å². The maximum Gasteiger partial charge on any atom is 0.330 e. The van der Waals surface area contributed by atoms with Crippen molar-refractivity contribution >= 4 is 40.3 Å². The Balaban J connectivity index is 2.34. The van der Waals surface area contributed by atoms with Crippen molar-refractivity contribution in [2.45, 2.75) is 0 Å². The second-order valence-electron chi connectivity index (χ2n) is 2.72. The van der Waals surface area contributed by atoms with Crippen LogP contribution in [0.5, 0.6) is 0 Å². The van der Waals surface area contributed by atoms with Gasteiger partial charge in [0.25, 0.3) is 5.91 Å². The monoisotopic (exact) mass is 303 g/mol. The second-order valence-corrected chi connectivity index (χ2v) is 3.97. The largest absolute Gasteiger partial charge is 0.330 e. The zero-order valence-corrected chi connectivity index (χ0v) is 9.19. The molecule has 1 fully saturated rings. The quantitative estimate of drug-likeness (QED) is 0.615. The lowest BCUT2D eigenvalue weighted by atomic mass is 10.4. The van der Waals surface area contributed by atoms with Crippen molar-refractivity contribution in [2.24, 2.45) is 0 Å². The fraction of sp³-hybridized carbons (Fsp3) is 0.125. The van der Waals surface area contributed by atoms with Crippen molar-refractivity contribution < 1.29 is 9.59 Å². The molecular formula is C8H6IN3O2. The summed E-state index contributed by atoms with van der Waals surface area (Å²) in [6, 6.07) is 3.02. The van der Waals surface area contributed by atoms with Crippen LogP contribution in [0.25, 0.3) is 0 Å². The van der Waals surface area contributed by atoms with Gasteiger partial charge in [0.05, 0.1) is 6.54 Å². The number of amides is 3.